The molecule has 1 aromatic carbocycles. The predicted octanol–water partition coefficient (Wildman–Crippen LogP) is 4.95. The molecule has 0 amide bonds. The highest BCUT2D eigenvalue weighted by Crippen LogP contribution is 2.35. The Kier molecular flexibility index (Phi) is 3.29. The lowest BCUT2D eigenvalue weighted by molar-refractivity contribution is 0.0969. The Balaban J connectivity index is 1.80. The van der Waals surface area contributed by atoms with Gasteiger partial charge in [0.1, 0.15) is 5.65 Å². The van der Waals surface area contributed by atoms with Crippen LogP contribution in [0.2, 0.25) is 0 Å². The predicted molar refractivity (Wildman–Crippen MR) is 92.7 cm³/mol. The van der Waals surface area contributed by atoms with Crippen LogP contribution in [0.4, 0.5) is 0 Å². The molecule has 1 aliphatic rings. The molecular weight excluding hydrogens is 284 g/mol. The summed E-state index contributed by atoms with van der Waals surface area (Å²) in [4.78, 5) is 20.1. The first-order valence-electron chi connectivity index (χ1n) is 8.25. The topological polar surface area (TPSA) is 45.8 Å². The Morgan fingerprint density at radius 3 is 2.78 bits per heavy atom. The summed E-state index contributed by atoms with van der Waals surface area (Å²) in [7, 11) is 0. The van der Waals surface area contributed by atoms with Crippen LogP contribution in [0.3, 0.4) is 0 Å². The molecule has 116 valence electrons. The Labute approximate surface area is 135 Å². The zero-order valence-corrected chi connectivity index (χ0v) is 13.5. The van der Waals surface area contributed by atoms with Gasteiger partial charge in [0.25, 0.3) is 0 Å². The molecule has 0 saturated heterocycles. The van der Waals surface area contributed by atoms with Crippen molar-refractivity contribution in [2.24, 2.45) is 5.92 Å². The third kappa shape index (κ3) is 2.56. The van der Waals surface area contributed by atoms with Crippen LogP contribution in [0, 0.1) is 5.92 Å². The molecule has 0 atom stereocenters. The molecule has 3 nitrogen and oxygen atoms in total. The largest absolute Gasteiger partial charge is 0.345 e. The second-order valence-corrected chi connectivity index (χ2v) is 6.74. The van der Waals surface area contributed by atoms with E-state index in [9.17, 15) is 4.79 Å². The number of ketones is 1. The SMILES string of the molecule is CC(C)c1cccc(-c2cnc3[nH]cc(C(=O)C4CC4)c3c2)c1. The van der Waals surface area contributed by atoms with Crippen molar-refractivity contribution in [2.45, 2.75) is 32.6 Å². The fourth-order valence-electron chi connectivity index (χ4n) is 3.01. The van der Waals surface area contributed by atoms with E-state index in [2.05, 4.69) is 54.1 Å². The molecule has 0 bridgehead atoms. The van der Waals surface area contributed by atoms with Crippen molar-refractivity contribution < 1.29 is 4.79 Å². The van der Waals surface area contributed by atoms with Gasteiger partial charge in [-0.3, -0.25) is 4.79 Å². The fourth-order valence-corrected chi connectivity index (χ4v) is 3.01. The molecular formula is C20H20N2O. The number of benzene rings is 1. The number of carbonyl (C=O) groups excluding carboxylic acids is 1. The van der Waals surface area contributed by atoms with E-state index in [1.165, 1.54) is 5.56 Å². The lowest BCUT2D eigenvalue weighted by Gasteiger charge is -2.08. The number of fused-ring (bicyclic) bond motifs is 1. The zero-order valence-electron chi connectivity index (χ0n) is 13.5. The van der Waals surface area contributed by atoms with Crippen molar-refractivity contribution in [1.29, 1.82) is 0 Å². The molecule has 1 N–H and O–H groups in total. The first-order valence-corrected chi connectivity index (χ1v) is 8.25. The normalized spacial score (nSPS) is 14.6. The smallest absolute Gasteiger partial charge is 0.168 e. The van der Waals surface area contributed by atoms with Crippen molar-refractivity contribution in [3.8, 4) is 11.1 Å². The van der Waals surface area contributed by atoms with Crippen LogP contribution in [0.5, 0.6) is 0 Å². The van der Waals surface area contributed by atoms with Gasteiger partial charge in [-0.25, -0.2) is 4.98 Å². The number of Topliss-reactive ketones (excluding diaryl/α,β-unsaturated/α-hetero) is 1. The Morgan fingerprint density at radius 2 is 2.04 bits per heavy atom. The van der Waals surface area contributed by atoms with Crippen molar-refractivity contribution >= 4 is 16.8 Å². The third-order valence-corrected chi connectivity index (χ3v) is 4.63. The lowest BCUT2D eigenvalue weighted by atomic mass is 9.97. The number of pyridine rings is 1. The summed E-state index contributed by atoms with van der Waals surface area (Å²) in [6.07, 6.45) is 5.74. The standard InChI is InChI=1S/C20H20N2O/c1-12(2)14-4-3-5-15(8-14)16-9-17-18(19(23)13-6-7-13)11-22-20(17)21-10-16/h3-5,8-13H,6-7H2,1-2H3,(H,21,22). The first-order chi connectivity index (χ1) is 11.1. The van der Waals surface area contributed by atoms with Gasteiger partial charge >= 0.3 is 0 Å². The van der Waals surface area contributed by atoms with Gasteiger partial charge in [-0.05, 0) is 36.0 Å². The summed E-state index contributed by atoms with van der Waals surface area (Å²) in [5.74, 6) is 0.971. The summed E-state index contributed by atoms with van der Waals surface area (Å²) in [6.45, 7) is 4.39. The summed E-state index contributed by atoms with van der Waals surface area (Å²) >= 11 is 0. The molecule has 0 unspecified atom stereocenters. The van der Waals surface area contributed by atoms with Crippen molar-refractivity contribution in [1.82, 2.24) is 9.97 Å². The number of aromatic nitrogens is 2. The van der Waals surface area contributed by atoms with Gasteiger partial charge in [-0.2, -0.15) is 0 Å². The first kappa shape index (κ1) is 14.2. The zero-order chi connectivity index (χ0) is 16.0. The average molecular weight is 304 g/mol. The number of aromatic amines is 1. The van der Waals surface area contributed by atoms with Gasteiger partial charge in [0, 0.05) is 34.8 Å². The number of rotatable bonds is 4. The van der Waals surface area contributed by atoms with Crippen LogP contribution in [-0.2, 0) is 0 Å². The summed E-state index contributed by atoms with van der Waals surface area (Å²) in [6, 6.07) is 10.6. The molecule has 4 rings (SSSR count). The lowest BCUT2D eigenvalue weighted by Crippen LogP contribution is -1.99. The van der Waals surface area contributed by atoms with Crippen LogP contribution in [0.1, 0.15) is 48.5 Å². The van der Waals surface area contributed by atoms with Crippen LogP contribution >= 0.6 is 0 Å². The highest BCUT2D eigenvalue weighted by Gasteiger charge is 2.31. The molecule has 3 aromatic rings. The van der Waals surface area contributed by atoms with E-state index in [1.807, 2.05) is 12.4 Å². The minimum atomic E-state index is 0.224. The van der Waals surface area contributed by atoms with Gasteiger partial charge in [-0.15, -0.1) is 0 Å². The minimum Gasteiger partial charge on any atom is -0.345 e. The van der Waals surface area contributed by atoms with E-state index in [0.29, 0.717) is 5.92 Å². The Hall–Kier alpha value is -2.42. The highest BCUT2D eigenvalue weighted by molar-refractivity contribution is 6.09. The minimum absolute atomic E-state index is 0.224. The second kappa shape index (κ2) is 5.34. The molecule has 2 heterocycles. The van der Waals surface area contributed by atoms with Crippen molar-refractivity contribution in [3.05, 3.63) is 53.9 Å². The van der Waals surface area contributed by atoms with Gasteiger partial charge < -0.3 is 4.98 Å². The number of nitrogens with one attached hydrogen (secondary N) is 1. The van der Waals surface area contributed by atoms with Crippen molar-refractivity contribution in [3.63, 3.8) is 0 Å². The van der Waals surface area contributed by atoms with Crippen LogP contribution < -0.4 is 0 Å². The van der Waals surface area contributed by atoms with Gasteiger partial charge in [0.2, 0.25) is 0 Å². The molecule has 0 aliphatic heterocycles. The monoisotopic (exact) mass is 304 g/mol. The molecule has 1 aliphatic carbocycles. The second-order valence-electron chi connectivity index (χ2n) is 6.74. The Morgan fingerprint density at radius 1 is 1.22 bits per heavy atom. The number of carbonyl (C=O) groups is 1. The average Bonchev–Trinajstić information content (AvgIpc) is 3.33. The Bertz CT molecular complexity index is 888. The molecule has 1 saturated carbocycles. The number of nitrogens with zero attached hydrogens (tertiary/aromatic N) is 1. The quantitative estimate of drug-likeness (QED) is 0.693. The van der Waals surface area contributed by atoms with E-state index >= 15 is 0 Å². The molecule has 23 heavy (non-hydrogen) atoms. The maximum Gasteiger partial charge on any atom is 0.168 e. The summed E-state index contributed by atoms with van der Waals surface area (Å²) < 4.78 is 0. The molecule has 1 fully saturated rings. The fraction of sp³-hybridized carbons (Fsp3) is 0.300. The van der Waals surface area contributed by atoms with Crippen LogP contribution in [0.15, 0.2) is 42.7 Å². The molecule has 0 spiro atoms. The maximum atomic E-state index is 12.4. The molecule has 2 aromatic heterocycles. The van der Waals surface area contributed by atoms with E-state index < -0.39 is 0 Å². The van der Waals surface area contributed by atoms with E-state index in [-0.39, 0.29) is 11.7 Å². The van der Waals surface area contributed by atoms with Gasteiger partial charge in [-0.1, -0.05) is 38.1 Å². The maximum absolute atomic E-state index is 12.4. The van der Waals surface area contributed by atoms with Crippen LogP contribution in [0.25, 0.3) is 22.2 Å². The summed E-state index contributed by atoms with van der Waals surface area (Å²) in [5.41, 5.74) is 5.10. The number of hydrogen-bond acceptors (Lipinski definition) is 2. The molecule has 3 heteroatoms. The summed E-state index contributed by atoms with van der Waals surface area (Å²) in [5, 5.41) is 0.939. The van der Waals surface area contributed by atoms with Crippen molar-refractivity contribution in [2.75, 3.05) is 0 Å². The number of H-pyrrole nitrogens is 1. The van der Waals surface area contributed by atoms with E-state index in [4.69, 9.17) is 0 Å². The molecule has 0 radical (unpaired) electrons. The van der Waals surface area contributed by atoms with Gasteiger partial charge in [0.15, 0.2) is 5.78 Å². The highest BCUT2D eigenvalue weighted by atomic mass is 16.1. The van der Waals surface area contributed by atoms with Gasteiger partial charge in [0.05, 0.1) is 0 Å². The van der Waals surface area contributed by atoms with E-state index in [1.54, 1.807) is 0 Å². The third-order valence-electron chi connectivity index (χ3n) is 4.63. The number of hydrogen-bond donors (Lipinski definition) is 1. The van der Waals surface area contributed by atoms with E-state index in [0.717, 1.165) is 40.6 Å². The van der Waals surface area contributed by atoms with Crippen LogP contribution in [-0.4, -0.2) is 15.8 Å².